The van der Waals surface area contributed by atoms with Crippen molar-refractivity contribution in [2.45, 2.75) is 115 Å². The normalized spacial score (nSPS) is 19.9. The maximum atomic E-state index is 16.6. The molecule has 0 aliphatic carbocycles. The lowest BCUT2D eigenvalue weighted by Gasteiger charge is -2.28. The number of aliphatic carboxylic acids is 1. The van der Waals surface area contributed by atoms with Crippen LogP contribution < -0.4 is 25.3 Å². The average Bonchev–Trinajstić information content (AvgIpc) is 3.37. The molecule has 0 spiro atoms. The summed E-state index contributed by atoms with van der Waals surface area (Å²) >= 11 is 0.824. The maximum absolute atomic E-state index is 16.6. The van der Waals surface area contributed by atoms with Crippen molar-refractivity contribution in [3.63, 3.8) is 0 Å². The molecule has 1 aromatic heterocycles. The Morgan fingerprint density at radius 1 is 0.949 bits per heavy atom. The van der Waals surface area contributed by atoms with Crippen LogP contribution in [0, 0.1) is 0 Å². The minimum atomic E-state index is -4.87. The molecule has 1 fully saturated rings. The van der Waals surface area contributed by atoms with Gasteiger partial charge in [-0.05, 0) is 86.8 Å². The fourth-order valence-electron chi connectivity index (χ4n) is 5.18. The molecule has 1 aliphatic heterocycles. The van der Waals surface area contributed by atoms with E-state index in [0.717, 1.165) is 35.5 Å². The largest absolute Gasteiger partial charge is 0.509 e. The van der Waals surface area contributed by atoms with Crippen LogP contribution in [0.1, 0.15) is 74.6 Å². The molecule has 3 aromatic rings. The molecular formula is C37H48FN4O15PS. The van der Waals surface area contributed by atoms with Crippen molar-refractivity contribution in [2.75, 3.05) is 11.5 Å². The maximum Gasteiger partial charge on any atom is 0.509 e. The number of hydrogen-bond acceptors (Lipinski definition) is 15. The Balaban J connectivity index is 1.68. The Morgan fingerprint density at radius 2 is 1.54 bits per heavy atom. The van der Waals surface area contributed by atoms with Crippen LogP contribution in [0.15, 0.2) is 53.5 Å². The number of amides is 2. The number of carbonyl (C=O) groups is 4. The number of aromatic nitrogens is 2. The number of thioether (sulfide) groups is 1. The van der Waals surface area contributed by atoms with Gasteiger partial charge in [0, 0.05) is 11.6 Å². The zero-order chi connectivity index (χ0) is 44.2. The number of ether oxygens (including phenoxy) is 5. The molecule has 324 valence electrons. The van der Waals surface area contributed by atoms with Gasteiger partial charge in [0.1, 0.15) is 34.8 Å². The molecule has 1 saturated heterocycles. The first-order valence-electron chi connectivity index (χ1n) is 18.0. The molecule has 2 amide bonds. The Hall–Kier alpha value is -4.95. The van der Waals surface area contributed by atoms with E-state index in [4.69, 9.17) is 38.4 Å². The van der Waals surface area contributed by atoms with E-state index in [1.165, 1.54) is 6.07 Å². The molecule has 59 heavy (non-hydrogen) atoms. The summed E-state index contributed by atoms with van der Waals surface area (Å²) < 4.78 is 62.4. The number of carboxylic acid groups (broad SMARTS) is 1. The number of hydrogen-bond donors (Lipinski definition) is 3. The fourth-order valence-corrected chi connectivity index (χ4v) is 7.46. The van der Waals surface area contributed by atoms with E-state index in [-0.39, 0.29) is 11.5 Å². The van der Waals surface area contributed by atoms with Gasteiger partial charge in [0.15, 0.2) is 23.8 Å². The number of anilines is 1. The van der Waals surface area contributed by atoms with E-state index in [2.05, 4.69) is 4.98 Å². The molecule has 2 unspecified atom stereocenters. The van der Waals surface area contributed by atoms with Crippen molar-refractivity contribution in [3.05, 3.63) is 59.1 Å². The number of nitrogens with one attached hydrogen (secondary N) is 1. The third kappa shape index (κ3) is 13.0. The van der Waals surface area contributed by atoms with Crippen molar-refractivity contribution in [3.8, 4) is 11.5 Å². The van der Waals surface area contributed by atoms with Gasteiger partial charge in [-0.1, -0.05) is 35.0 Å². The fraction of sp³-hybridized carbons (Fsp3) is 0.514. The van der Waals surface area contributed by atoms with E-state index in [9.17, 15) is 33.4 Å². The van der Waals surface area contributed by atoms with Gasteiger partial charge in [0.05, 0.1) is 5.25 Å². The van der Waals surface area contributed by atoms with Crippen LogP contribution in [0.2, 0.25) is 0 Å². The molecule has 2 heterocycles. The standard InChI is InChI=1S/C37H48FN4O15PS/c1-20(30(43)44)40-58(49,50)57-56-27-22-14-12-11-13-21(22)15-16-23(27)51-19-24-28(52-34(48)55-37(8,9)10)26(38)29(59-24)41-18-17-25(39-31(41)45)42(32(46)53-35(2,3)4)33(47)54-36(5,6)7/h11-18,20,24,26,28-29H,19H2,1-10H3,(H,43,44)(H2,40,49,50)/t20?,24-,26+,28-,29-/m1/s1. The van der Waals surface area contributed by atoms with E-state index < -0.39 is 95.9 Å². The minimum Gasteiger partial charge on any atom is -0.488 e. The molecule has 0 saturated carbocycles. The number of carboxylic acids is 1. The van der Waals surface area contributed by atoms with Crippen molar-refractivity contribution >= 4 is 60.4 Å². The van der Waals surface area contributed by atoms with Crippen LogP contribution in [0.3, 0.4) is 0 Å². The van der Waals surface area contributed by atoms with E-state index >= 15 is 4.39 Å². The zero-order valence-corrected chi connectivity index (χ0v) is 35.7. The number of alkyl halides is 1. The van der Waals surface area contributed by atoms with Gasteiger partial charge in [-0.25, -0.2) is 33.2 Å². The van der Waals surface area contributed by atoms with E-state index in [0.29, 0.717) is 15.7 Å². The number of rotatable bonds is 12. The van der Waals surface area contributed by atoms with Crippen LogP contribution >= 0.6 is 19.5 Å². The van der Waals surface area contributed by atoms with Crippen molar-refractivity contribution in [1.82, 2.24) is 14.6 Å². The predicted molar refractivity (Wildman–Crippen MR) is 211 cm³/mol. The highest BCUT2D eigenvalue weighted by Gasteiger charge is 2.50. The lowest BCUT2D eigenvalue weighted by molar-refractivity contribution is -0.139. The summed E-state index contributed by atoms with van der Waals surface area (Å²) in [6.07, 6.45) is -6.19. The molecule has 2 aromatic carbocycles. The third-order valence-electron chi connectivity index (χ3n) is 7.55. The summed E-state index contributed by atoms with van der Waals surface area (Å²) in [6.45, 7) is 14.8. The lowest BCUT2D eigenvalue weighted by atomic mass is 10.1. The number of nitrogens with zero attached hydrogens (tertiary/aromatic N) is 3. The summed E-state index contributed by atoms with van der Waals surface area (Å²) in [5.41, 5.74) is -4.23. The van der Waals surface area contributed by atoms with Crippen LogP contribution in [0.4, 0.5) is 24.6 Å². The molecule has 1 aliphatic rings. The monoisotopic (exact) mass is 870 g/mol. The first kappa shape index (κ1) is 46.7. The first-order valence-corrected chi connectivity index (χ1v) is 20.6. The molecule has 0 bridgehead atoms. The van der Waals surface area contributed by atoms with Crippen LogP contribution in [0.5, 0.6) is 11.5 Å². The summed E-state index contributed by atoms with van der Waals surface area (Å²) in [5.74, 6) is -2.20. The summed E-state index contributed by atoms with van der Waals surface area (Å²) in [5, 5.41) is 9.49. The highest BCUT2D eigenvalue weighted by molar-refractivity contribution is 8.00. The number of benzene rings is 2. The highest BCUT2D eigenvalue weighted by atomic mass is 32.2. The molecule has 6 atom stereocenters. The second-order valence-corrected chi connectivity index (χ2v) is 18.9. The van der Waals surface area contributed by atoms with Gasteiger partial charge < -0.3 is 38.6 Å². The Kier molecular flexibility index (Phi) is 14.4. The van der Waals surface area contributed by atoms with Gasteiger partial charge in [0.25, 0.3) is 0 Å². The number of halogens is 1. The summed E-state index contributed by atoms with van der Waals surface area (Å²) in [4.78, 5) is 83.9. The predicted octanol–water partition coefficient (Wildman–Crippen LogP) is 6.90. The second kappa shape index (κ2) is 18.1. The number of fused-ring (bicyclic) bond motifs is 1. The lowest BCUT2D eigenvalue weighted by Crippen LogP contribution is -2.45. The van der Waals surface area contributed by atoms with Crippen molar-refractivity contribution < 1.29 is 71.4 Å². The molecule has 4 rings (SSSR count). The SMILES string of the molecule is CC(NP(=O)(O)OOc1c(OC[C@H]2S[C@@H](n3ccc(N(C(=O)OC(C)(C)C)C(=O)OC(C)(C)C)nc3=O)[C@@H](F)[C@@H]2OC(=O)OC(C)(C)C)ccc2ccccc12)C(=O)O. The highest BCUT2D eigenvalue weighted by Crippen LogP contribution is 2.47. The molecular weight excluding hydrogens is 822 g/mol. The Labute approximate surface area is 342 Å². The molecule has 3 N–H and O–H groups in total. The number of imide groups is 1. The van der Waals surface area contributed by atoms with Crippen molar-refractivity contribution in [1.29, 1.82) is 0 Å². The van der Waals surface area contributed by atoms with Gasteiger partial charge in [-0.15, -0.1) is 11.8 Å². The minimum absolute atomic E-state index is 0.0852. The van der Waals surface area contributed by atoms with E-state index in [1.54, 1.807) is 92.6 Å². The van der Waals surface area contributed by atoms with Crippen molar-refractivity contribution in [2.24, 2.45) is 0 Å². The third-order valence-corrected chi connectivity index (χ3v) is 10.1. The van der Waals surface area contributed by atoms with Crippen LogP contribution in [-0.4, -0.2) is 90.8 Å². The summed E-state index contributed by atoms with van der Waals surface area (Å²) in [7, 11) is -4.87. The van der Waals surface area contributed by atoms with Gasteiger partial charge in [-0.2, -0.15) is 9.88 Å². The zero-order valence-electron chi connectivity index (χ0n) is 34.0. The van der Waals surface area contributed by atoms with Crippen LogP contribution in [0.25, 0.3) is 10.8 Å². The summed E-state index contributed by atoms with van der Waals surface area (Å²) in [6, 6.07) is 9.30. The Morgan fingerprint density at radius 3 is 2.10 bits per heavy atom. The number of carbonyl (C=O) groups excluding carboxylic acids is 3. The molecule has 0 radical (unpaired) electrons. The van der Waals surface area contributed by atoms with Crippen LogP contribution in [-0.2, 0) is 33.0 Å². The molecule has 19 nitrogen and oxygen atoms in total. The van der Waals surface area contributed by atoms with E-state index in [1.807, 2.05) is 5.09 Å². The van der Waals surface area contributed by atoms with Gasteiger partial charge in [0.2, 0.25) is 5.75 Å². The second-order valence-electron chi connectivity index (χ2n) is 16.1. The topological polar surface area (TPSA) is 241 Å². The molecule has 22 heteroatoms. The average molecular weight is 871 g/mol. The van der Waals surface area contributed by atoms with Gasteiger partial charge in [-0.3, -0.25) is 9.36 Å². The smallest absolute Gasteiger partial charge is 0.488 e. The Bertz CT molecular complexity index is 2120. The quantitative estimate of drug-likeness (QED) is 0.0551. The van der Waals surface area contributed by atoms with Gasteiger partial charge >= 0.3 is 37.7 Å². The first-order chi connectivity index (χ1) is 27.1.